The number of nitrogens with two attached hydrogens (primary N) is 1. The van der Waals surface area contributed by atoms with Crippen LogP contribution in [0.3, 0.4) is 0 Å². The number of hydrogen-bond donors (Lipinski definition) is 1. The van der Waals surface area contributed by atoms with Crippen molar-refractivity contribution in [3.63, 3.8) is 0 Å². The maximum atomic E-state index is 5.71. The lowest BCUT2D eigenvalue weighted by molar-refractivity contribution is 0.327. The molecule has 0 aliphatic rings. The van der Waals surface area contributed by atoms with Gasteiger partial charge in [0.2, 0.25) is 0 Å². The van der Waals surface area contributed by atoms with E-state index in [1.165, 1.54) is 11.1 Å². The quantitative estimate of drug-likeness (QED) is 0.776. The Labute approximate surface area is 124 Å². The molecule has 1 aromatic heterocycles. The highest BCUT2D eigenvalue weighted by atomic mass is 16.5. The Hall–Kier alpha value is -2.52. The van der Waals surface area contributed by atoms with Gasteiger partial charge in [0.25, 0.3) is 0 Å². The standard InChI is InChI=1S/C18H18N2O/c19-11-13-21-18-9-5-4-8-17(18)20-12-10-16(14-20)15-6-2-1-3-7-15/h1-10,12,14H,11,13,19H2. The summed E-state index contributed by atoms with van der Waals surface area (Å²) in [7, 11) is 0. The van der Waals surface area contributed by atoms with E-state index in [2.05, 4.69) is 29.0 Å². The van der Waals surface area contributed by atoms with E-state index in [0.717, 1.165) is 11.4 Å². The number of para-hydroxylation sites is 2. The molecule has 3 rings (SSSR count). The van der Waals surface area contributed by atoms with Gasteiger partial charge in [-0.1, -0.05) is 42.5 Å². The highest BCUT2D eigenvalue weighted by molar-refractivity contribution is 5.64. The summed E-state index contributed by atoms with van der Waals surface area (Å²) in [6.45, 7) is 1.03. The summed E-state index contributed by atoms with van der Waals surface area (Å²) in [4.78, 5) is 0. The van der Waals surface area contributed by atoms with E-state index in [0.29, 0.717) is 13.2 Å². The van der Waals surface area contributed by atoms with Gasteiger partial charge in [-0.2, -0.15) is 0 Å². The van der Waals surface area contributed by atoms with Crippen molar-refractivity contribution in [2.24, 2.45) is 5.73 Å². The Morgan fingerprint density at radius 2 is 1.62 bits per heavy atom. The lowest BCUT2D eigenvalue weighted by Gasteiger charge is -2.11. The topological polar surface area (TPSA) is 40.2 Å². The molecule has 0 spiro atoms. The first-order valence-electron chi connectivity index (χ1n) is 7.04. The molecule has 0 unspecified atom stereocenters. The van der Waals surface area contributed by atoms with Crippen molar-refractivity contribution in [1.29, 1.82) is 0 Å². The molecule has 0 aliphatic carbocycles. The van der Waals surface area contributed by atoms with Gasteiger partial charge in [-0.25, -0.2) is 0 Å². The molecule has 0 aliphatic heterocycles. The van der Waals surface area contributed by atoms with Gasteiger partial charge in [-0.15, -0.1) is 0 Å². The maximum Gasteiger partial charge on any atom is 0.143 e. The molecule has 0 atom stereocenters. The largest absolute Gasteiger partial charge is 0.490 e. The van der Waals surface area contributed by atoms with Crippen molar-refractivity contribution in [2.45, 2.75) is 0 Å². The van der Waals surface area contributed by atoms with E-state index in [-0.39, 0.29) is 0 Å². The molecule has 0 saturated heterocycles. The molecule has 0 bridgehead atoms. The smallest absolute Gasteiger partial charge is 0.143 e. The van der Waals surface area contributed by atoms with E-state index in [9.17, 15) is 0 Å². The Morgan fingerprint density at radius 3 is 2.43 bits per heavy atom. The minimum atomic E-state index is 0.509. The summed E-state index contributed by atoms with van der Waals surface area (Å²) in [5.41, 5.74) is 8.92. The summed E-state index contributed by atoms with van der Waals surface area (Å²) in [6.07, 6.45) is 4.16. The lowest BCUT2D eigenvalue weighted by atomic mass is 10.1. The Bertz CT molecular complexity index is 704. The number of aromatic nitrogens is 1. The number of hydrogen-bond acceptors (Lipinski definition) is 2. The average molecular weight is 278 g/mol. The molecular weight excluding hydrogens is 260 g/mol. The minimum absolute atomic E-state index is 0.509. The zero-order valence-electron chi connectivity index (χ0n) is 11.8. The van der Waals surface area contributed by atoms with Gasteiger partial charge in [-0.3, -0.25) is 0 Å². The first kappa shape index (κ1) is 13.5. The molecule has 3 heteroatoms. The number of benzene rings is 2. The number of nitrogens with zero attached hydrogens (tertiary/aromatic N) is 1. The van der Waals surface area contributed by atoms with Crippen molar-refractivity contribution in [3.05, 3.63) is 73.1 Å². The summed E-state index contributed by atoms with van der Waals surface area (Å²) < 4.78 is 7.79. The van der Waals surface area contributed by atoms with E-state index in [4.69, 9.17) is 10.5 Å². The highest BCUT2D eigenvalue weighted by Gasteiger charge is 2.06. The van der Waals surface area contributed by atoms with Crippen molar-refractivity contribution >= 4 is 0 Å². The predicted octanol–water partition coefficient (Wildman–Crippen LogP) is 3.48. The molecule has 21 heavy (non-hydrogen) atoms. The SMILES string of the molecule is NCCOc1ccccc1-n1ccc(-c2ccccc2)c1. The van der Waals surface area contributed by atoms with Crippen LogP contribution in [-0.4, -0.2) is 17.7 Å². The van der Waals surface area contributed by atoms with Gasteiger partial charge in [0.15, 0.2) is 0 Å². The van der Waals surface area contributed by atoms with Crippen LogP contribution in [0.2, 0.25) is 0 Å². The van der Waals surface area contributed by atoms with Crippen molar-refractivity contribution < 1.29 is 4.74 Å². The molecule has 1 heterocycles. The van der Waals surface area contributed by atoms with Crippen LogP contribution in [0.15, 0.2) is 73.1 Å². The van der Waals surface area contributed by atoms with Crippen LogP contribution in [0, 0.1) is 0 Å². The molecule has 3 aromatic rings. The fourth-order valence-corrected chi connectivity index (χ4v) is 2.31. The molecule has 0 radical (unpaired) electrons. The first-order valence-corrected chi connectivity index (χ1v) is 7.04. The van der Waals surface area contributed by atoms with Crippen LogP contribution in [0.4, 0.5) is 0 Å². The van der Waals surface area contributed by atoms with E-state index in [1.807, 2.05) is 48.7 Å². The predicted molar refractivity (Wildman–Crippen MR) is 85.8 cm³/mol. The zero-order chi connectivity index (χ0) is 14.5. The average Bonchev–Trinajstić information content (AvgIpc) is 3.04. The van der Waals surface area contributed by atoms with Crippen LogP contribution in [-0.2, 0) is 0 Å². The minimum Gasteiger partial charge on any atom is -0.490 e. The molecule has 3 nitrogen and oxygen atoms in total. The fraction of sp³-hybridized carbons (Fsp3) is 0.111. The summed E-state index contributed by atoms with van der Waals surface area (Å²) >= 11 is 0. The lowest BCUT2D eigenvalue weighted by Crippen LogP contribution is -2.11. The molecular formula is C18H18N2O. The normalized spacial score (nSPS) is 10.5. The Kier molecular flexibility index (Phi) is 4.03. The van der Waals surface area contributed by atoms with E-state index in [1.54, 1.807) is 0 Å². The van der Waals surface area contributed by atoms with Crippen LogP contribution < -0.4 is 10.5 Å². The van der Waals surface area contributed by atoms with Crippen LogP contribution in [0.1, 0.15) is 0 Å². The summed E-state index contributed by atoms with van der Waals surface area (Å²) in [5, 5.41) is 0. The molecule has 2 aromatic carbocycles. The number of rotatable bonds is 5. The van der Waals surface area contributed by atoms with Crippen LogP contribution in [0.25, 0.3) is 16.8 Å². The highest BCUT2D eigenvalue weighted by Crippen LogP contribution is 2.26. The van der Waals surface area contributed by atoms with Gasteiger partial charge in [0.1, 0.15) is 12.4 Å². The molecule has 2 N–H and O–H groups in total. The van der Waals surface area contributed by atoms with Gasteiger partial charge in [0.05, 0.1) is 5.69 Å². The third kappa shape index (κ3) is 2.98. The van der Waals surface area contributed by atoms with Gasteiger partial charge in [0, 0.05) is 18.9 Å². The van der Waals surface area contributed by atoms with Crippen molar-refractivity contribution in [2.75, 3.05) is 13.2 Å². The van der Waals surface area contributed by atoms with Gasteiger partial charge < -0.3 is 15.0 Å². The second-order valence-corrected chi connectivity index (χ2v) is 4.78. The van der Waals surface area contributed by atoms with Crippen LogP contribution >= 0.6 is 0 Å². The first-order chi connectivity index (χ1) is 10.4. The van der Waals surface area contributed by atoms with Gasteiger partial charge in [-0.05, 0) is 29.3 Å². The van der Waals surface area contributed by atoms with Crippen molar-refractivity contribution in [3.8, 4) is 22.6 Å². The molecule has 0 amide bonds. The zero-order valence-corrected chi connectivity index (χ0v) is 11.8. The van der Waals surface area contributed by atoms with E-state index >= 15 is 0 Å². The third-order valence-corrected chi connectivity index (χ3v) is 3.32. The fourth-order valence-electron chi connectivity index (χ4n) is 2.31. The van der Waals surface area contributed by atoms with Crippen LogP contribution in [0.5, 0.6) is 5.75 Å². The monoisotopic (exact) mass is 278 g/mol. The summed E-state index contributed by atoms with van der Waals surface area (Å²) in [6, 6.07) is 20.4. The Balaban J connectivity index is 1.93. The molecule has 106 valence electrons. The third-order valence-electron chi connectivity index (χ3n) is 3.32. The van der Waals surface area contributed by atoms with E-state index < -0.39 is 0 Å². The maximum absolute atomic E-state index is 5.71. The molecule has 0 fully saturated rings. The molecule has 0 saturated carbocycles. The second-order valence-electron chi connectivity index (χ2n) is 4.78. The number of ether oxygens (including phenoxy) is 1. The van der Waals surface area contributed by atoms with Crippen molar-refractivity contribution in [1.82, 2.24) is 4.57 Å². The Morgan fingerprint density at radius 1 is 0.857 bits per heavy atom. The van der Waals surface area contributed by atoms with Gasteiger partial charge >= 0.3 is 0 Å². The second kappa shape index (κ2) is 6.29. The summed E-state index contributed by atoms with van der Waals surface area (Å²) in [5.74, 6) is 0.846.